The van der Waals surface area contributed by atoms with Gasteiger partial charge in [-0.3, -0.25) is 4.79 Å². The van der Waals surface area contributed by atoms with Gasteiger partial charge < -0.3 is 15.2 Å². The van der Waals surface area contributed by atoms with Gasteiger partial charge in [-0.15, -0.1) is 6.58 Å². The number of nitrogens with one attached hydrogen (secondary N) is 1. The van der Waals surface area contributed by atoms with E-state index in [0.29, 0.717) is 12.3 Å². The van der Waals surface area contributed by atoms with Gasteiger partial charge in [0.05, 0.1) is 13.2 Å². The summed E-state index contributed by atoms with van der Waals surface area (Å²) in [4.78, 5) is 22.7. The third-order valence-electron chi connectivity index (χ3n) is 2.56. The first kappa shape index (κ1) is 17.6. The van der Waals surface area contributed by atoms with E-state index in [2.05, 4.69) is 25.7 Å². The highest BCUT2D eigenvalue weighted by atomic mass is 16.5. The fourth-order valence-electron chi connectivity index (χ4n) is 1.90. The Morgan fingerprint density at radius 3 is 2.47 bits per heavy atom. The van der Waals surface area contributed by atoms with E-state index in [9.17, 15) is 9.59 Å². The van der Waals surface area contributed by atoms with Crippen LogP contribution in [0.15, 0.2) is 12.7 Å². The zero-order chi connectivity index (χ0) is 14.8. The Bertz CT molecular complexity index is 302. The first-order valence-corrected chi connectivity index (χ1v) is 6.57. The van der Waals surface area contributed by atoms with E-state index in [-0.39, 0.29) is 25.0 Å². The van der Waals surface area contributed by atoms with Crippen LogP contribution in [0.4, 0.5) is 0 Å². The van der Waals surface area contributed by atoms with E-state index in [1.54, 1.807) is 0 Å². The van der Waals surface area contributed by atoms with E-state index in [4.69, 9.17) is 9.84 Å². The second-order valence-corrected chi connectivity index (χ2v) is 5.22. The Morgan fingerprint density at radius 1 is 1.37 bits per heavy atom. The van der Waals surface area contributed by atoms with Gasteiger partial charge in [0.2, 0.25) is 5.91 Å². The van der Waals surface area contributed by atoms with Crippen molar-refractivity contribution in [3.8, 4) is 0 Å². The van der Waals surface area contributed by atoms with Gasteiger partial charge in [0.15, 0.2) is 6.04 Å². The molecule has 0 aliphatic heterocycles. The van der Waals surface area contributed by atoms with Crippen LogP contribution in [-0.2, 0) is 14.3 Å². The van der Waals surface area contributed by atoms with Crippen LogP contribution in [0.3, 0.4) is 0 Å². The fraction of sp³-hybridized carbons (Fsp3) is 0.714. The van der Waals surface area contributed by atoms with Crippen LogP contribution in [0, 0.1) is 11.8 Å². The zero-order valence-electron chi connectivity index (χ0n) is 12.0. The molecule has 0 heterocycles. The van der Waals surface area contributed by atoms with Crippen molar-refractivity contribution in [2.75, 3.05) is 13.2 Å². The summed E-state index contributed by atoms with van der Waals surface area (Å²) in [6.45, 7) is 9.87. The molecule has 0 radical (unpaired) electrons. The summed E-state index contributed by atoms with van der Waals surface area (Å²) < 4.78 is 5.06. The Kier molecular flexibility index (Phi) is 8.87. The number of ether oxygens (including phenoxy) is 1. The molecule has 5 heteroatoms. The molecule has 19 heavy (non-hydrogen) atoms. The zero-order valence-corrected chi connectivity index (χ0v) is 12.0. The van der Waals surface area contributed by atoms with E-state index < -0.39 is 12.0 Å². The lowest BCUT2D eigenvalue weighted by atomic mass is 9.96. The van der Waals surface area contributed by atoms with E-state index in [0.717, 1.165) is 6.42 Å². The van der Waals surface area contributed by atoms with Gasteiger partial charge in [0.1, 0.15) is 0 Å². The summed E-state index contributed by atoms with van der Waals surface area (Å²) in [5.41, 5.74) is 0. The highest BCUT2D eigenvalue weighted by Crippen LogP contribution is 2.14. The molecule has 0 spiro atoms. The second-order valence-electron chi connectivity index (χ2n) is 5.22. The molecule has 0 aliphatic carbocycles. The van der Waals surface area contributed by atoms with Gasteiger partial charge in [-0.05, 0) is 18.3 Å². The molecule has 0 saturated heterocycles. The van der Waals surface area contributed by atoms with E-state index in [1.807, 2.05) is 6.92 Å². The van der Waals surface area contributed by atoms with Crippen molar-refractivity contribution >= 4 is 11.9 Å². The van der Waals surface area contributed by atoms with Crippen molar-refractivity contribution in [2.24, 2.45) is 11.8 Å². The molecule has 2 N–H and O–H groups in total. The SMILES string of the molecule is C=CCOCC(NC(=O)CC(C)CC(C)C)C(=O)O. The molecule has 2 atom stereocenters. The van der Waals surface area contributed by atoms with Crippen LogP contribution in [0.25, 0.3) is 0 Å². The quantitative estimate of drug-likeness (QED) is 0.469. The van der Waals surface area contributed by atoms with Gasteiger partial charge in [0.25, 0.3) is 0 Å². The maximum absolute atomic E-state index is 11.7. The molecule has 110 valence electrons. The molecule has 0 fully saturated rings. The van der Waals surface area contributed by atoms with Crippen molar-refractivity contribution in [3.63, 3.8) is 0 Å². The maximum Gasteiger partial charge on any atom is 0.328 e. The van der Waals surface area contributed by atoms with Crippen molar-refractivity contribution in [2.45, 2.75) is 39.7 Å². The Morgan fingerprint density at radius 2 is 2.00 bits per heavy atom. The molecule has 5 nitrogen and oxygen atoms in total. The summed E-state index contributed by atoms with van der Waals surface area (Å²) in [5, 5.41) is 11.5. The number of carboxylic acids is 1. The fourth-order valence-corrected chi connectivity index (χ4v) is 1.90. The number of aliphatic carboxylic acids is 1. The topological polar surface area (TPSA) is 75.6 Å². The lowest BCUT2D eigenvalue weighted by Gasteiger charge is -2.17. The molecular formula is C14H25NO4. The third kappa shape index (κ3) is 9.25. The molecule has 0 aromatic heterocycles. The van der Waals surface area contributed by atoms with Gasteiger partial charge in [-0.2, -0.15) is 0 Å². The number of carbonyl (C=O) groups excluding carboxylic acids is 1. The van der Waals surface area contributed by atoms with E-state index in [1.165, 1.54) is 6.08 Å². The summed E-state index contributed by atoms with van der Waals surface area (Å²) in [5.74, 6) is -0.575. The van der Waals surface area contributed by atoms with Crippen LogP contribution < -0.4 is 5.32 Å². The molecular weight excluding hydrogens is 246 g/mol. The van der Waals surface area contributed by atoms with E-state index >= 15 is 0 Å². The molecule has 0 aromatic carbocycles. The molecule has 0 saturated carbocycles. The lowest BCUT2D eigenvalue weighted by Crippen LogP contribution is -2.44. The van der Waals surface area contributed by atoms with Crippen LogP contribution >= 0.6 is 0 Å². The minimum atomic E-state index is -1.09. The largest absolute Gasteiger partial charge is 0.480 e. The standard InChI is InChI=1S/C14H25NO4/c1-5-6-19-9-12(14(17)18)15-13(16)8-11(4)7-10(2)3/h5,10-12H,1,6-9H2,2-4H3,(H,15,16)(H,17,18). The Labute approximate surface area is 115 Å². The molecule has 2 unspecified atom stereocenters. The number of hydrogen-bond acceptors (Lipinski definition) is 3. The number of hydrogen-bond donors (Lipinski definition) is 2. The summed E-state index contributed by atoms with van der Waals surface area (Å²) in [7, 11) is 0. The Balaban J connectivity index is 4.16. The van der Waals surface area contributed by atoms with Crippen LogP contribution in [0.1, 0.15) is 33.6 Å². The predicted octanol–water partition coefficient (Wildman–Crippen LogP) is 1.83. The highest BCUT2D eigenvalue weighted by molar-refractivity contribution is 5.83. The minimum absolute atomic E-state index is 0.0499. The van der Waals surface area contributed by atoms with Crippen LogP contribution in [0.5, 0.6) is 0 Å². The normalized spacial score (nSPS) is 13.9. The first-order valence-electron chi connectivity index (χ1n) is 6.57. The predicted molar refractivity (Wildman–Crippen MR) is 73.8 cm³/mol. The molecule has 0 aliphatic rings. The Hall–Kier alpha value is -1.36. The number of carbonyl (C=O) groups is 2. The van der Waals surface area contributed by atoms with Gasteiger partial charge >= 0.3 is 5.97 Å². The summed E-state index contributed by atoms with van der Waals surface area (Å²) in [6, 6.07) is -1.00. The third-order valence-corrected chi connectivity index (χ3v) is 2.56. The lowest BCUT2D eigenvalue weighted by molar-refractivity contribution is -0.143. The monoisotopic (exact) mass is 271 g/mol. The van der Waals surface area contributed by atoms with Crippen molar-refractivity contribution in [1.82, 2.24) is 5.32 Å². The molecule has 1 amide bonds. The smallest absolute Gasteiger partial charge is 0.328 e. The number of rotatable bonds is 10. The highest BCUT2D eigenvalue weighted by Gasteiger charge is 2.21. The number of carboxylic acid groups (broad SMARTS) is 1. The maximum atomic E-state index is 11.7. The van der Waals surface area contributed by atoms with Gasteiger partial charge in [0, 0.05) is 6.42 Å². The summed E-state index contributed by atoms with van der Waals surface area (Å²) in [6.07, 6.45) is 2.81. The molecule has 0 rings (SSSR count). The molecule has 0 aromatic rings. The van der Waals surface area contributed by atoms with Crippen molar-refractivity contribution in [3.05, 3.63) is 12.7 Å². The minimum Gasteiger partial charge on any atom is -0.480 e. The van der Waals surface area contributed by atoms with Crippen LogP contribution in [-0.4, -0.2) is 36.2 Å². The van der Waals surface area contributed by atoms with Crippen molar-refractivity contribution in [1.29, 1.82) is 0 Å². The first-order chi connectivity index (χ1) is 8.86. The second kappa shape index (κ2) is 9.55. The average molecular weight is 271 g/mol. The average Bonchev–Trinajstić information content (AvgIpc) is 2.26. The van der Waals surface area contributed by atoms with Gasteiger partial charge in [-0.25, -0.2) is 4.79 Å². The number of amides is 1. The van der Waals surface area contributed by atoms with Gasteiger partial charge in [-0.1, -0.05) is 26.8 Å². The van der Waals surface area contributed by atoms with Crippen LogP contribution in [0.2, 0.25) is 0 Å². The van der Waals surface area contributed by atoms with Crippen molar-refractivity contribution < 1.29 is 19.4 Å². The molecule has 0 bridgehead atoms. The summed E-state index contributed by atoms with van der Waals surface area (Å²) >= 11 is 0.